The van der Waals surface area contributed by atoms with E-state index in [-0.39, 0.29) is 0 Å². The van der Waals surface area contributed by atoms with Crippen LogP contribution in [0.4, 0.5) is 0 Å². The van der Waals surface area contributed by atoms with Crippen LogP contribution >= 0.6 is 0 Å². The van der Waals surface area contributed by atoms with Gasteiger partial charge in [-0.3, -0.25) is 4.98 Å². The van der Waals surface area contributed by atoms with Crippen molar-refractivity contribution in [3.8, 4) is 22.4 Å². The van der Waals surface area contributed by atoms with Crippen LogP contribution in [0.3, 0.4) is 0 Å². The van der Waals surface area contributed by atoms with Crippen LogP contribution in [0.15, 0.2) is 66.7 Å². The Hall–Kier alpha value is -3.00. The summed E-state index contributed by atoms with van der Waals surface area (Å²) in [5, 5.41) is 1.20. The highest BCUT2D eigenvalue weighted by Crippen LogP contribution is 2.32. The van der Waals surface area contributed by atoms with E-state index in [2.05, 4.69) is 106 Å². The van der Waals surface area contributed by atoms with Crippen molar-refractivity contribution in [3.05, 3.63) is 83.7 Å². The van der Waals surface area contributed by atoms with Crippen molar-refractivity contribution in [1.82, 2.24) is 4.98 Å². The maximum absolute atomic E-state index is 4.96. The SMILES string of the molecule is Cc1ccc(-c2ccccc2)cc1-c1c2ccc(C(C)C)nc2cc(C)[n+]1C. The largest absolute Gasteiger partial charge is 0.252 e. The number of fused-ring (bicyclic) bond motifs is 1. The molecule has 0 bridgehead atoms. The van der Waals surface area contributed by atoms with Crippen LogP contribution in [-0.2, 0) is 7.05 Å². The molecular weight excluding hydrogens is 340 g/mol. The summed E-state index contributed by atoms with van der Waals surface area (Å²) < 4.78 is 2.29. The summed E-state index contributed by atoms with van der Waals surface area (Å²) in [6.07, 6.45) is 0. The highest BCUT2D eigenvalue weighted by molar-refractivity contribution is 5.92. The summed E-state index contributed by atoms with van der Waals surface area (Å²) in [5.41, 5.74) is 9.66. The number of benzene rings is 2. The fraction of sp³-hybridized carbons (Fsp3) is 0.231. The molecule has 2 aromatic heterocycles. The van der Waals surface area contributed by atoms with Crippen molar-refractivity contribution >= 4 is 10.9 Å². The average molecular weight is 368 g/mol. The molecule has 0 unspecified atom stereocenters. The predicted molar refractivity (Wildman–Crippen MR) is 117 cm³/mol. The molecule has 2 aromatic carbocycles. The van der Waals surface area contributed by atoms with Gasteiger partial charge in [0.15, 0.2) is 5.69 Å². The summed E-state index contributed by atoms with van der Waals surface area (Å²) in [7, 11) is 2.15. The molecule has 0 saturated carbocycles. The molecule has 4 rings (SSSR count). The van der Waals surface area contributed by atoms with Gasteiger partial charge in [-0.1, -0.05) is 56.3 Å². The number of aromatic nitrogens is 2. The molecule has 2 nitrogen and oxygen atoms in total. The van der Waals surface area contributed by atoms with Gasteiger partial charge in [0.25, 0.3) is 0 Å². The van der Waals surface area contributed by atoms with Crippen LogP contribution in [0.2, 0.25) is 0 Å². The summed E-state index contributed by atoms with van der Waals surface area (Å²) in [5.74, 6) is 0.422. The van der Waals surface area contributed by atoms with E-state index < -0.39 is 0 Å². The van der Waals surface area contributed by atoms with Gasteiger partial charge < -0.3 is 0 Å². The third-order valence-corrected chi connectivity index (χ3v) is 5.60. The molecule has 0 amide bonds. The second kappa shape index (κ2) is 7.20. The number of pyridine rings is 2. The zero-order valence-corrected chi connectivity index (χ0v) is 17.3. The van der Waals surface area contributed by atoms with Gasteiger partial charge in [0, 0.05) is 18.7 Å². The van der Waals surface area contributed by atoms with Gasteiger partial charge in [0.2, 0.25) is 5.69 Å². The third-order valence-electron chi connectivity index (χ3n) is 5.60. The van der Waals surface area contributed by atoms with Gasteiger partial charge in [0.05, 0.1) is 16.5 Å². The molecule has 0 saturated heterocycles. The molecule has 28 heavy (non-hydrogen) atoms. The number of nitrogens with zero attached hydrogens (tertiary/aromatic N) is 2. The van der Waals surface area contributed by atoms with E-state index in [4.69, 9.17) is 4.98 Å². The van der Waals surface area contributed by atoms with Crippen LogP contribution in [0.5, 0.6) is 0 Å². The maximum atomic E-state index is 4.96. The third kappa shape index (κ3) is 3.20. The van der Waals surface area contributed by atoms with Gasteiger partial charge in [0.1, 0.15) is 7.05 Å². The highest BCUT2D eigenvalue weighted by Gasteiger charge is 2.21. The van der Waals surface area contributed by atoms with E-state index in [9.17, 15) is 0 Å². The Balaban J connectivity index is 2.00. The first-order valence-corrected chi connectivity index (χ1v) is 9.92. The van der Waals surface area contributed by atoms with Crippen LogP contribution < -0.4 is 4.57 Å². The number of hydrogen-bond donors (Lipinski definition) is 0. The smallest absolute Gasteiger partial charge is 0.222 e. The lowest BCUT2D eigenvalue weighted by atomic mass is 9.95. The molecule has 0 aliphatic heterocycles. The lowest BCUT2D eigenvalue weighted by Crippen LogP contribution is -2.35. The van der Waals surface area contributed by atoms with Gasteiger partial charge >= 0.3 is 0 Å². The van der Waals surface area contributed by atoms with Crippen molar-refractivity contribution in [2.75, 3.05) is 0 Å². The number of aryl methyl sites for hydroxylation is 2. The Bertz CT molecular complexity index is 1160. The van der Waals surface area contributed by atoms with E-state index in [0.29, 0.717) is 5.92 Å². The molecular formula is C26H27N2+. The molecule has 0 N–H and O–H groups in total. The summed E-state index contributed by atoms with van der Waals surface area (Å²) in [6.45, 7) is 8.73. The van der Waals surface area contributed by atoms with Crippen molar-refractivity contribution in [2.24, 2.45) is 7.05 Å². The lowest BCUT2D eigenvalue weighted by Gasteiger charge is -2.13. The van der Waals surface area contributed by atoms with Crippen LogP contribution in [0.1, 0.15) is 36.7 Å². The monoisotopic (exact) mass is 367 g/mol. The average Bonchev–Trinajstić information content (AvgIpc) is 2.70. The van der Waals surface area contributed by atoms with Crippen molar-refractivity contribution in [3.63, 3.8) is 0 Å². The fourth-order valence-electron chi connectivity index (χ4n) is 3.79. The molecule has 0 spiro atoms. The zero-order valence-electron chi connectivity index (χ0n) is 17.3. The van der Waals surface area contributed by atoms with Crippen LogP contribution in [-0.4, -0.2) is 4.98 Å². The van der Waals surface area contributed by atoms with Crippen LogP contribution in [0, 0.1) is 13.8 Å². The maximum Gasteiger partial charge on any atom is 0.222 e. The lowest BCUT2D eigenvalue weighted by molar-refractivity contribution is -0.665. The fourth-order valence-corrected chi connectivity index (χ4v) is 3.79. The summed E-state index contributed by atoms with van der Waals surface area (Å²) in [6, 6.07) is 23.9. The second-order valence-electron chi connectivity index (χ2n) is 7.91. The molecule has 140 valence electrons. The van der Waals surface area contributed by atoms with Crippen molar-refractivity contribution < 1.29 is 4.57 Å². The molecule has 0 fully saturated rings. The Morgan fingerprint density at radius 2 is 1.57 bits per heavy atom. The van der Waals surface area contributed by atoms with Gasteiger partial charge in [-0.05, 0) is 47.7 Å². The Morgan fingerprint density at radius 3 is 2.29 bits per heavy atom. The quantitative estimate of drug-likeness (QED) is 0.398. The van der Waals surface area contributed by atoms with Crippen LogP contribution in [0.25, 0.3) is 33.3 Å². The highest BCUT2D eigenvalue weighted by atomic mass is 14.9. The van der Waals surface area contributed by atoms with Crippen molar-refractivity contribution in [2.45, 2.75) is 33.6 Å². The molecule has 0 aliphatic rings. The molecule has 2 heterocycles. The van der Waals surface area contributed by atoms with E-state index >= 15 is 0 Å². The normalized spacial score (nSPS) is 11.4. The first kappa shape index (κ1) is 18.4. The molecule has 2 heteroatoms. The Kier molecular flexibility index (Phi) is 4.72. The van der Waals surface area contributed by atoms with Crippen molar-refractivity contribution in [1.29, 1.82) is 0 Å². The standard InChI is InChI=1S/C26H27N2/c1-17(2)24-14-13-22-25(27-24)15-19(4)28(5)26(22)23-16-21(12-11-18(23)3)20-9-7-6-8-10-20/h6-17H,1-5H3/q+1. The van der Waals surface area contributed by atoms with Gasteiger partial charge in [-0.25, -0.2) is 0 Å². The second-order valence-corrected chi connectivity index (χ2v) is 7.91. The minimum atomic E-state index is 0.422. The molecule has 4 aromatic rings. The van der Waals surface area contributed by atoms with E-state index in [1.165, 1.54) is 39.0 Å². The predicted octanol–water partition coefficient (Wildman–Crippen LogP) is 6.13. The topological polar surface area (TPSA) is 16.8 Å². The number of rotatable bonds is 3. The summed E-state index contributed by atoms with van der Waals surface area (Å²) in [4.78, 5) is 4.96. The Labute approximate surface area is 167 Å². The Morgan fingerprint density at radius 1 is 0.821 bits per heavy atom. The molecule has 0 aliphatic carbocycles. The van der Waals surface area contributed by atoms with E-state index in [1.807, 2.05) is 0 Å². The van der Waals surface area contributed by atoms with Gasteiger partial charge in [-0.2, -0.15) is 4.57 Å². The minimum absolute atomic E-state index is 0.422. The zero-order chi connectivity index (χ0) is 19.8. The van der Waals surface area contributed by atoms with E-state index in [0.717, 1.165) is 11.2 Å². The first-order chi connectivity index (χ1) is 13.5. The molecule has 0 radical (unpaired) electrons. The van der Waals surface area contributed by atoms with E-state index in [1.54, 1.807) is 0 Å². The number of hydrogen-bond acceptors (Lipinski definition) is 1. The summed E-state index contributed by atoms with van der Waals surface area (Å²) >= 11 is 0. The molecule has 0 atom stereocenters. The minimum Gasteiger partial charge on any atom is -0.252 e. The van der Waals surface area contributed by atoms with Gasteiger partial charge in [-0.15, -0.1) is 0 Å². The first-order valence-electron chi connectivity index (χ1n) is 9.92.